The third-order valence-electron chi connectivity index (χ3n) is 3.77. The van der Waals surface area contributed by atoms with Crippen molar-refractivity contribution in [3.8, 4) is 0 Å². The average molecular weight is 389 g/mol. The first-order valence-corrected chi connectivity index (χ1v) is 10.4. The van der Waals surface area contributed by atoms with E-state index in [1.165, 1.54) is 11.1 Å². The van der Waals surface area contributed by atoms with Gasteiger partial charge in [0.05, 0.1) is 29.5 Å². The van der Waals surface area contributed by atoms with Gasteiger partial charge in [0.2, 0.25) is 0 Å². The lowest BCUT2D eigenvalue weighted by Gasteiger charge is -2.19. The lowest BCUT2D eigenvalue weighted by molar-refractivity contribution is -0.0149. The molecule has 148 valence electrons. The molecule has 0 aliphatic carbocycles. The molecule has 2 N–H and O–H groups in total. The van der Waals surface area contributed by atoms with Crippen LogP contribution in [0.2, 0.25) is 0 Å². The Kier molecular flexibility index (Phi) is 8.25. The number of benzene rings is 1. The summed E-state index contributed by atoms with van der Waals surface area (Å²) in [6.07, 6.45) is 0.897. The quantitative estimate of drug-likeness (QED) is 0.529. The van der Waals surface area contributed by atoms with Gasteiger partial charge in [0.25, 0.3) is 0 Å². The van der Waals surface area contributed by atoms with Crippen molar-refractivity contribution < 1.29 is 4.74 Å². The van der Waals surface area contributed by atoms with E-state index in [9.17, 15) is 0 Å². The van der Waals surface area contributed by atoms with Crippen molar-refractivity contribution in [1.82, 2.24) is 15.6 Å². The van der Waals surface area contributed by atoms with Crippen LogP contribution in [0.4, 0.5) is 0 Å². The smallest absolute Gasteiger partial charge is 0.191 e. The summed E-state index contributed by atoms with van der Waals surface area (Å²) in [7, 11) is 0. The molecule has 2 aromatic rings. The van der Waals surface area contributed by atoms with Crippen LogP contribution in [0.5, 0.6) is 0 Å². The molecule has 2 rings (SSSR count). The number of rotatable bonds is 8. The standard InChI is InChI=1S/C21H32N4OS/c1-6-22-20(23-11-10-19-15-27-16(2)25-19)24-13-17-8-7-9-18(12-17)14-26-21(3,4)5/h7-9,12,15H,6,10-11,13-14H2,1-5H3,(H2,22,23,24). The minimum absolute atomic E-state index is 0.133. The lowest BCUT2D eigenvalue weighted by atomic mass is 10.1. The van der Waals surface area contributed by atoms with E-state index in [1.807, 2.05) is 6.92 Å². The highest BCUT2D eigenvalue weighted by molar-refractivity contribution is 7.09. The SMILES string of the molecule is CCNC(=NCc1cccc(COC(C)(C)C)c1)NCCc1csc(C)n1. The average Bonchev–Trinajstić information content (AvgIpc) is 3.03. The van der Waals surface area contributed by atoms with Gasteiger partial charge in [-0.1, -0.05) is 24.3 Å². The molecular formula is C21H32N4OS. The van der Waals surface area contributed by atoms with E-state index >= 15 is 0 Å². The fourth-order valence-electron chi connectivity index (χ4n) is 2.46. The molecule has 0 atom stereocenters. The van der Waals surface area contributed by atoms with Crippen LogP contribution in [0.15, 0.2) is 34.6 Å². The van der Waals surface area contributed by atoms with Gasteiger partial charge in [-0.25, -0.2) is 9.98 Å². The summed E-state index contributed by atoms with van der Waals surface area (Å²) in [5.41, 5.74) is 3.35. The second-order valence-electron chi connectivity index (χ2n) is 7.45. The van der Waals surface area contributed by atoms with E-state index in [0.717, 1.165) is 36.2 Å². The predicted molar refractivity (Wildman–Crippen MR) is 114 cm³/mol. The monoisotopic (exact) mass is 388 g/mol. The van der Waals surface area contributed by atoms with E-state index in [-0.39, 0.29) is 5.60 Å². The Morgan fingerprint density at radius 2 is 2.00 bits per heavy atom. The van der Waals surface area contributed by atoms with Crippen molar-refractivity contribution in [1.29, 1.82) is 0 Å². The van der Waals surface area contributed by atoms with E-state index in [0.29, 0.717) is 13.2 Å². The normalized spacial score (nSPS) is 12.3. The maximum absolute atomic E-state index is 5.87. The molecule has 0 amide bonds. The number of aliphatic imine (C=N–C) groups is 1. The summed E-state index contributed by atoms with van der Waals surface area (Å²) in [6, 6.07) is 8.43. The van der Waals surface area contributed by atoms with Crippen molar-refractivity contribution >= 4 is 17.3 Å². The number of thiazole rings is 1. The van der Waals surface area contributed by atoms with E-state index < -0.39 is 0 Å². The maximum Gasteiger partial charge on any atom is 0.191 e. The molecule has 0 bridgehead atoms. The number of ether oxygens (including phenoxy) is 1. The molecule has 1 heterocycles. The summed E-state index contributed by atoms with van der Waals surface area (Å²) in [5, 5.41) is 9.92. The fraction of sp³-hybridized carbons (Fsp3) is 0.524. The Morgan fingerprint density at radius 3 is 2.67 bits per heavy atom. The van der Waals surface area contributed by atoms with Gasteiger partial charge in [-0.15, -0.1) is 11.3 Å². The molecule has 0 fully saturated rings. The van der Waals surface area contributed by atoms with Crippen LogP contribution in [-0.4, -0.2) is 29.6 Å². The minimum atomic E-state index is -0.133. The molecule has 0 radical (unpaired) electrons. The molecule has 27 heavy (non-hydrogen) atoms. The molecule has 1 aromatic heterocycles. The van der Waals surface area contributed by atoms with Crippen molar-refractivity contribution in [2.45, 2.75) is 59.8 Å². The molecule has 0 aliphatic rings. The molecule has 0 saturated heterocycles. The van der Waals surface area contributed by atoms with Crippen LogP contribution in [0.3, 0.4) is 0 Å². The Balaban J connectivity index is 1.89. The summed E-state index contributed by atoms with van der Waals surface area (Å²) < 4.78 is 5.87. The summed E-state index contributed by atoms with van der Waals surface area (Å²) in [4.78, 5) is 9.20. The highest BCUT2D eigenvalue weighted by Gasteiger charge is 2.10. The molecule has 0 saturated carbocycles. The molecule has 0 aliphatic heterocycles. The lowest BCUT2D eigenvalue weighted by Crippen LogP contribution is -2.38. The number of nitrogens with one attached hydrogen (secondary N) is 2. The van der Waals surface area contributed by atoms with Gasteiger partial charge in [-0.2, -0.15) is 0 Å². The number of nitrogens with zero attached hydrogens (tertiary/aromatic N) is 2. The zero-order valence-electron chi connectivity index (χ0n) is 17.1. The van der Waals surface area contributed by atoms with E-state index in [2.05, 4.69) is 73.0 Å². The van der Waals surface area contributed by atoms with E-state index in [1.54, 1.807) is 11.3 Å². The Morgan fingerprint density at radius 1 is 1.22 bits per heavy atom. The summed E-state index contributed by atoms with van der Waals surface area (Å²) in [6.45, 7) is 13.2. The number of guanidine groups is 1. The Bertz CT molecular complexity index is 734. The van der Waals surface area contributed by atoms with E-state index in [4.69, 9.17) is 9.73 Å². The van der Waals surface area contributed by atoms with Crippen molar-refractivity contribution in [3.63, 3.8) is 0 Å². The number of aromatic nitrogens is 1. The van der Waals surface area contributed by atoms with Crippen LogP contribution in [0.1, 0.15) is 49.5 Å². The Labute approximate surface area is 167 Å². The number of aryl methyl sites for hydroxylation is 1. The number of hydrogen-bond donors (Lipinski definition) is 2. The predicted octanol–water partition coefficient (Wildman–Crippen LogP) is 4.06. The number of hydrogen-bond acceptors (Lipinski definition) is 4. The highest BCUT2D eigenvalue weighted by Crippen LogP contribution is 2.13. The second-order valence-corrected chi connectivity index (χ2v) is 8.51. The van der Waals surface area contributed by atoms with Gasteiger partial charge >= 0.3 is 0 Å². The Hall–Kier alpha value is -1.92. The molecule has 5 nitrogen and oxygen atoms in total. The zero-order chi connectivity index (χ0) is 19.7. The molecule has 1 aromatic carbocycles. The van der Waals surface area contributed by atoms with Crippen LogP contribution >= 0.6 is 11.3 Å². The minimum Gasteiger partial charge on any atom is -0.371 e. The first-order valence-electron chi connectivity index (χ1n) is 9.50. The topological polar surface area (TPSA) is 58.5 Å². The van der Waals surface area contributed by atoms with Crippen molar-refractivity contribution in [3.05, 3.63) is 51.5 Å². The van der Waals surface area contributed by atoms with Crippen LogP contribution in [-0.2, 0) is 24.3 Å². The van der Waals surface area contributed by atoms with Crippen molar-refractivity contribution in [2.75, 3.05) is 13.1 Å². The first-order chi connectivity index (χ1) is 12.9. The van der Waals surface area contributed by atoms with Gasteiger partial charge < -0.3 is 15.4 Å². The first kappa shape index (κ1) is 21.4. The third kappa shape index (κ3) is 8.54. The maximum atomic E-state index is 5.87. The molecule has 6 heteroatoms. The zero-order valence-corrected chi connectivity index (χ0v) is 17.9. The van der Waals surface area contributed by atoms with Crippen LogP contribution in [0, 0.1) is 6.92 Å². The largest absolute Gasteiger partial charge is 0.371 e. The van der Waals surface area contributed by atoms with Gasteiger partial charge in [-0.05, 0) is 45.7 Å². The summed E-state index contributed by atoms with van der Waals surface area (Å²) in [5.74, 6) is 0.834. The van der Waals surface area contributed by atoms with Crippen molar-refractivity contribution in [2.24, 2.45) is 4.99 Å². The fourth-order valence-corrected chi connectivity index (χ4v) is 3.11. The van der Waals surface area contributed by atoms with Crippen LogP contribution < -0.4 is 10.6 Å². The molecular weight excluding hydrogens is 356 g/mol. The van der Waals surface area contributed by atoms with Gasteiger partial charge in [0, 0.05) is 24.9 Å². The third-order valence-corrected chi connectivity index (χ3v) is 4.59. The highest BCUT2D eigenvalue weighted by atomic mass is 32.1. The van der Waals surface area contributed by atoms with Gasteiger partial charge in [0.1, 0.15) is 0 Å². The second kappa shape index (κ2) is 10.4. The summed E-state index contributed by atoms with van der Waals surface area (Å²) >= 11 is 1.69. The van der Waals surface area contributed by atoms with Gasteiger partial charge in [0.15, 0.2) is 5.96 Å². The van der Waals surface area contributed by atoms with Gasteiger partial charge in [-0.3, -0.25) is 0 Å². The molecule has 0 spiro atoms. The van der Waals surface area contributed by atoms with Crippen LogP contribution in [0.25, 0.3) is 0 Å². The molecule has 0 unspecified atom stereocenters.